The zero-order valence-electron chi connectivity index (χ0n) is 34.0. The topological polar surface area (TPSA) is 142 Å². The second-order valence-electron chi connectivity index (χ2n) is 13.4. The minimum Gasteiger partial charge on any atom is -0.494 e. The Morgan fingerprint density at radius 2 is 1.05 bits per heavy atom. The van der Waals surface area contributed by atoms with Crippen LogP contribution in [0, 0.1) is 6.92 Å². The number of rotatable bonds is 27. The molecule has 4 rings (SSSR count). The van der Waals surface area contributed by atoms with Gasteiger partial charge < -0.3 is 33.3 Å². The second-order valence-corrected chi connectivity index (χ2v) is 13.4. The molecule has 0 N–H and O–H groups in total. The maximum atomic E-state index is 12.7. The highest BCUT2D eigenvalue weighted by molar-refractivity contribution is 5.91. The van der Waals surface area contributed by atoms with Crippen molar-refractivity contribution in [3.05, 3.63) is 145 Å². The zero-order valence-corrected chi connectivity index (χ0v) is 34.0. The van der Waals surface area contributed by atoms with Crippen molar-refractivity contribution in [3.8, 4) is 28.7 Å². The van der Waals surface area contributed by atoms with Crippen molar-refractivity contribution in [2.45, 2.75) is 64.9 Å². The molecule has 0 spiro atoms. The van der Waals surface area contributed by atoms with E-state index < -0.39 is 23.9 Å². The van der Waals surface area contributed by atoms with Gasteiger partial charge in [0.2, 0.25) is 0 Å². The van der Waals surface area contributed by atoms with Crippen molar-refractivity contribution in [2.75, 3.05) is 26.4 Å². The van der Waals surface area contributed by atoms with Crippen LogP contribution in [0.3, 0.4) is 0 Å². The third-order valence-electron chi connectivity index (χ3n) is 8.69. The molecule has 0 aliphatic carbocycles. The maximum absolute atomic E-state index is 12.7. The average Bonchev–Trinajstić information content (AvgIpc) is 3.26. The van der Waals surface area contributed by atoms with Gasteiger partial charge in [-0.3, -0.25) is 0 Å². The van der Waals surface area contributed by atoms with E-state index in [1.165, 1.54) is 24.3 Å². The molecule has 0 atom stereocenters. The van der Waals surface area contributed by atoms with Gasteiger partial charge in [-0.05, 0) is 154 Å². The third-order valence-corrected chi connectivity index (χ3v) is 8.69. The summed E-state index contributed by atoms with van der Waals surface area (Å²) in [6.07, 6.45) is 12.4. The summed E-state index contributed by atoms with van der Waals surface area (Å²) in [5.41, 5.74) is 2.85. The normalized spacial score (nSPS) is 10.7. The first-order chi connectivity index (χ1) is 29.2. The standard InChI is InChI=1S/C48H52O12/c1-4-45(49)55-32-12-8-6-10-30-53-40-20-14-38(15-21-40)35-57-60-44-28-16-37(34-36(44)3)17-29-47(51)58-42-24-26-43(27-25-42)59-48(52)39-18-22-41(23-19-39)54-31-11-7-9-13-33-56-46(50)5-2/h4-5,14-29,34H,1-2,6-13,30-33,35H2,3H3. The fraction of sp³-hybridized carbons (Fsp3) is 0.292. The SMILES string of the molecule is C=CC(=O)OCCCCCCOc1ccc(COOc2ccc(C=CC(=O)Oc3ccc(OC(=O)c4ccc(OCCCCCCOC(=O)C=C)cc4)cc3)cc2C)cc1. The first kappa shape index (κ1) is 46.0. The van der Waals surface area contributed by atoms with Crippen molar-refractivity contribution in [3.63, 3.8) is 0 Å². The molecule has 12 nitrogen and oxygen atoms in total. The maximum Gasteiger partial charge on any atom is 0.343 e. The molecule has 4 aromatic carbocycles. The minimum absolute atomic E-state index is 0.236. The first-order valence-electron chi connectivity index (χ1n) is 19.9. The van der Waals surface area contributed by atoms with Crippen molar-refractivity contribution in [2.24, 2.45) is 0 Å². The minimum atomic E-state index is -0.577. The Morgan fingerprint density at radius 3 is 1.58 bits per heavy atom. The van der Waals surface area contributed by atoms with E-state index in [1.54, 1.807) is 54.6 Å². The predicted molar refractivity (Wildman–Crippen MR) is 226 cm³/mol. The molecule has 60 heavy (non-hydrogen) atoms. The summed E-state index contributed by atoms with van der Waals surface area (Å²) in [6.45, 7) is 10.8. The van der Waals surface area contributed by atoms with E-state index in [0.29, 0.717) is 49.2 Å². The molecule has 0 heterocycles. The molecule has 0 aromatic heterocycles. The molecule has 12 heteroatoms. The quantitative estimate of drug-likeness (QED) is 0.0141. The molecule has 0 radical (unpaired) electrons. The van der Waals surface area contributed by atoms with Gasteiger partial charge >= 0.3 is 23.9 Å². The second kappa shape index (κ2) is 26.4. The summed E-state index contributed by atoms with van der Waals surface area (Å²) in [5, 5.41) is 0. The molecule has 0 saturated carbocycles. The number of esters is 4. The number of aryl methyl sites for hydroxylation is 1. The van der Waals surface area contributed by atoms with E-state index >= 15 is 0 Å². The molecule has 0 saturated heterocycles. The average molecular weight is 821 g/mol. The molecule has 4 aromatic rings. The first-order valence-corrected chi connectivity index (χ1v) is 19.9. The fourth-order valence-electron chi connectivity index (χ4n) is 5.41. The largest absolute Gasteiger partial charge is 0.494 e. The van der Waals surface area contributed by atoms with Crippen molar-refractivity contribution >= 4 is 30.0 Å². The Labute approximate surface area is 351 Å². The van der Waals surface area contributed by atoms with Gasteiger partial charge in [0.05, 0.1) is 32.0 Å². The van der Waals surface area contributed by atoms with Crippen LogP contribution in [-0.2, 0) is 35.4 Å². The van der Waals surface area contributed by atoms with Crippen LogP contribution in [0.5, 0.6) is 28.7 Å². The smallest absolute Gasteiger partial charge is 0.343 e. The highest BCUT2D eigenvalue weighted by atomic mass is 17.2. The molecule has 316 valence electrons. The number of carbonyl (C=O) groups is 4. The van der Waals surface area contributed by atoms with Crippen LogP contribution >= 0.6 is 0 Å². The highest BCUT2D eigenvalue weighted by Gasteiger charge is 2.11. The molecule has 0 aliphatic rings. The number of hydrogen-bond donors (Lipinski definition) is 0. The van der Waals surface area contributed by atoms with Gasteiger partial charge in [-0.2, -0.15) is 4.89 Å². The van der Waals surface area contributed by atoms with E-state index in [1.807, 2.05) is 37.3 Å². The van der Waals surface area contributed by atoms with Crippen LogP contribution in [0.1, 0.15) is 78.4 Å². The van der Waals surface area contributed by atoms with Gasteiger partial charge in [0.1, 0.15) is 29.6 Å². The molecule has 0 amide bonds. The van der Waals surface area contributed by atoms with Gasteiger partial charge in [0.15, 0.2) is 5.75 Å². The van der Waals surface area contributed by atoms with E-state index in [4.69, 9.17) is 38.2 Å². The molecule has 0 fully saturated rings. The summed E-state index contributed by atoms with van der Waals surface area (Å²) in [5.74, 6) is 0.622. The Kier molecular flexibility index (Phi) is 20.2. The van der Waals surface area contributed by atoms with Gasteiger partial charge in [0.25, 0.3) is 0 Å². The molecule has 0 aliphatic heterocycles. The lowest BCUT2D eigenvalue weighted by Crippen LogP contribution is -2.08. The lowest BCUT2D eigenvalue weighted by atomic mass is 10.1. The Morgan fingerprint density at radius 1 is 0.550 bits per heavy atom. The third kappa shape index (κ3) is 17.9. The van der Waals surface area contributed by atoms with E-state index in [2.05, 4.69) is 13.2 Å². The molecule has 0 bridgehead atoms. The molecule has 0 unspecified atom stereocenters. The summed E-state index contributed by atoms with van der Waals surface area (Å²) in [4.78, 5) is 58.3. The number of hydrogen-bond acceptors (Lipinski definition) is 12. The van der Waals surface area contributed by atoms with Crippen molar-refractivity contribution < 1.29 is 57.4 Å². The zero-order chi connectivity index (χ0) is 42.8. The van der Waals surface area contributed by atoms with E-state index in [-0.39, 0.29) is 12.4 Å². The van der Waals surface area contributed by atoms with Gasteiger partial charge in [-0.1, -0.05) is 31.4 Å². The lowest BCUT2D eigenvalue weighted by Gasteiger charge is -2.10. The lowest BCUT2D eigenvalue weighted by molar-refractivity contribution is -0.217. The van der Waals surface area contributed by atoms with E-state index in [9.17, 15) is 19.2 Å². The summed E-state index contributed by atoms with van der Waals surface area (Å²) >= 11 is 0. The van der Waals surface area contributed by atoms with Crippen LogP contribution in [0.4, 0.5) is 0 Å². The van der Waals surface area contributed by atoms with Crippen LogP contribution in [0.2, 0.25) is 0 Å². The number of carbonyl (C=O) groups excluding carboxylic acids is 4. The van der Waals surface area contributed by atoms with Gasteiger partial charge in [0, 0.05) is 18.2 Å². The van der Waals surface area contributed by atoms with Crippen LogP contribution < -0.4 is 23.8 Å². The summed E-state index contributed by atoms with van der Waals surface area (Å²) < 4.78 is 32.4. The van der Waals surface area contributed by atoms with Gasteiger partial charge in [-0.25, -0.2) is 19.2 Å². The summed E-state index contributed by atoms with van der Waals surface area (Å²) in [7, 11) is 0. The molecular weight excluding hydrogens is 769 g/mol. The fourth-order valence-corrected chi connectivity index (χ4v) is 5.41. The number of unbranched alkanes of at least 4 members (excludes halogenated alkanes) is 6. The monoisotopic (exact) mass is 820 g/mol. The van der Waals surface area contributed by atoms with E-state index in [0.717, 1.165) is 79.9 Å². The summed E-state index contributed by atoms with van der Waals surface area (Å²) in [6, 6.07) is 25.9. The number of benzene rings is 4. The Hall–Kier alpha value is -6.66. The van der Waals surface area contributed by atoms with Crippen LogP contribution in [0.25, 0.3) is 6.08 Å². The highest BCUT2D eigenvalue weighted by Crippen LogP contribution is 2.23. The predicted octanol–water partition coefficient (Wildman–Crippen LogP) is 9.68. The van der Waals surface area contributed by atoms with Gasteiger partial charge in [-0.15, -0.1) is 0 Å². The van der Waals surface area contributed by atoms with Crippen LogP contribution in [-0.4, -0.2) is 50.3 Å². The van der Waals surface area contributed by atoms with Crippen molar-refractivity contribution in [1.29, 1.82) is 0 Å². The Balaban J connectivity index is 1.09. The Bertz CT molecular complexity index is 2000. The van der Waals surface area contributed by atoms with Crippen LogP contribution in [0.15, 0.2) is 122 Å². The van der Waals surface area contributed by atoms with Crippen molar-refractivity contribution in [1.82, 2.24) is 0 Å². The molecular formula is C48H52O12. The number of ether oxygens (including phenoxy) is 6.